The van der Waals surface area contributed by atoms with Gasteiger partial charge in [-0.1, -0.05) is 11.6 Å². The summed E-state index contributed by atoms with van der Waals surface area (Å²) in [5, 5.41) is -1.91. The molecule has 0 saturated heterocycles. The third-order valence-corrected chi connectivity index (χ3v) is 1.89. The van der Waals surface area contributed by atoms with E-state index in [2.05, 4.69) is 4.99 Å². The molecule has 11 heavy (non-hydrogen) atoms. The number of nitrogens with zero attached hydrogens (tertiary/aromatic N) is 1. The van der Waals surface area contributed by atoms with Crippen molar-refractivity contribution < 1.29 is 4.39 Å². The van der Waals surface area contributed by atoms with E-state index in [1.54, 1.807) is 6.92 Å². The van der Waals surface area contributed by atoms with Gasteiger partial charge in [0, 0.05) is 12.3 Å². The summed E-state index contributed by atoms with van der Waals surface area (Å²) in [7, 11) is 0. The summed E-state index contributed by atoms with van der Waals surface area (Å²) >= 11 is 5.49. The first-order chi connectivity index (χ1) is 5.04. The number of aliphatic imine (C=N–C) groups is 1. The lowest BCUT2D eigenvalue weighted by Gasteiger charge is -2.26. The zero-order valence-electron chi connectivity index (χ0n) is 6.17. The minimum Gasteiger partial charge on any atom is -0.326 e. The number of hydrogen-bond donors (Lipinski definition) is 1. The van der Waals surface area contributed by atoms with Crippen LogP contribution in [0.4, 0.5) is 4.39 Å². The number of alkyl halides is 2. The predicted molar refractivity (Wildman–Crippen MR) is 44.8 cm³/mol. The highest BCUT2D eigenvalue weighted by Crippen LogP contribution is 2.29. The second-order valence-corrected chi connectivity index (χ2v) is 3.22. The van der Waals surface area contributed by atoms with Crippen molar-refractivity contribution in [2.24, 2.45) is 10.7 Å². The Balaban J connectivity index is 2.80. The Bertz CT molecular complexity index is 199. The molecule has 2 nitrogen and oxygen atoms in total. The van der Waals surface area contributed by atoms with E-state index in [0.29, 0.717) is 0 Å². The highest BCUT2D eigenvalue weighted by atomic mass is 35.5. The summed E-state index contributed by atoms with van der Waals surface area (Å²) in [6.07, 6.45) is 4.25. The molecule has 1 heterocycles. The van der Waals surface area contributed by atoms with Gasteiger partial charge in [-0.05, 0) is 19.1 Å². The molecule has 0 amide bonds. The van der Waals surface area contributed by atoms with Crippen LogP contribution >= 0.6 is 11.6 Å². The first kappa shape index (κ1) is 8.68. The van der Waals surface area contributed by atoms with Gasteiger partial charge in [-0.3, -0.25) is 4.99 Å². The van der Waals surface area contributed by atoms with Crippen molar-refractivity contribution in [3.63, 3.8) is 0 Å². The first-order valence-corrected chi connectivity index (χ1v) is 3.76. The highest BCUT2D eigenvalue weighted by Gasteiger charge is 2.37. The molecule has 0 aromatic rings. The summed E-state index contributed by atoms with van der Waals surface area (Å²) in [6.45, 7) is 1.68. The van der Waals surface area contributed by atoms with E-state index in [0.717, 1.165) is 0 Å². The maximum Gasteiger partial charge on any atom is 0.225 e. The fourth-order valence-electron chi connectivity index (χ4n) is 0.998. The van der Waals surface area contributed by atoms with Gasteiger partial charge in [0.15, 0.2) is 0 Å². The lowest BCUT2D eigenvalue weighted by atomic mass is 10.0. The molecule has 0 radical (unpaired) electrons. The monoisotopic (exact) mass is 176 g/mol. The maximum absolute atomic E-state index is 13.3. The molecular weight excluding hydrogens is 167 g/mol. The topological polar surface area (TPSA) is 38.4 Å². The second kappa shape index (κ2) is 2.91. The van der Waals surface area contributed by atoms with Crippen LogP contribution in [0, 0.1) is 0 Å². The third kappa shape index (κ3) is 1.79. The fraction of sp³-hybridized carbons (Fsp3) is 0.571. The molecule has 2 N–H and O–H groups in total. The van der Waals surface area contributed by atoms with Crippen molar-refractivity contribution in [2.45, 2.75) is 24.1 Å². The number of halogens is 2. The van der Waals surface area contributed by atoms with Crippen LogP contribution in [0.15, 0.2) is 17.1 Å². The lowest BCUT2D eigenvalue weighted by Crippen LogP contribution is -2.43. The Labute approximate surface area is 69.9 Å². The van der Waals surface area contributed by atoms with Gasteiger partial charge in [0.1, 0.15) is 6.04 Å². The largest absolute Gasteiger partial charge is 0.326 e. The first-order valence-electron chi connectivity index (χ1n) is 3.38. The van der Waals surface area contributed by atoms with E-state index >= 15 is 0 Å². The summed E-state index contributed by atoms with van der Waals surface area (Å²) in [5.74, 6) is 0. The van der Waals surface area contributed by atoms with Gasteiger partial charge in [-0.2, -0.15) is 0 Å². The molecule has 0 saturated carbocycles. The standard InChI is InChI=1S/C7H10ClFN2/c1-5(10)6-7(8,9)3-2-4-11-6/h2-6H,10H2,1H3. The number of dihydropyridines is 1. The average Bonchev–Trinajstić information content (AvgIpc) is 1.85. The summed E-state index contributed by atoms with van der Waals surface area (Å²) in [4.78, 5) is 3.84. The van der Waals surface area contributed by atoms with Gasteiger partial charge >= 0.3 is 0 Å². The molecule has 0 aromatic carbocycles. The predicted octanol–water partition coefficient (Wildman–Crippen LogP) is 1.25. The smallest absolute Gasteiger partial charge is 0.225 e. The fourth-order valence-corrected chi connectivity index (χ4v) is 1.33. The summed E-state index contributed by atoms with van der Waals surface area (Å²) in [5.41, 5.74) is 5.47. The van der Waals surface area contributed by atoms with Crippen molar-refractivity contribution in [2.75, 3.05) is 0 Å². The molecule has 62 valence electrons. The second-order valence-electron chi connectivity index (χ2n) is 2.64. The van der Waals surface area contributed by atoms with E-state index in [9.17, 15) is 4.39 Å². The van der Waals surface area contributed by atoms with Crippen LogP contribution in [0.5, 0.6) is 0 Å². The molecule has 1 aliphatic heterocycles. The van der Waals surface area contributed by atoms with E-state index in [-0.39, 0.29) is 6.04 Å². The molecule has 1 rings (SSSR count). The van der Waals surface area contributed by atoms with Crippen LogP contribution in [0.25, 0.3) is 0 Å². The molecule has 4 heteroatoms. The Morgan fingerprint density at radius 2 is 2.45 bits per heavy atom. The number of allylic oxidation sites excluding steroid dienone is 1. The van der Waals surface area contributed by atoms with Crippen LogP contribution in [0.3, 0.4) is 0 Å². The Kier molecular flexibility index (Phi) is 2.30. The molecule has 0 aromatic heterocycles. The van der Waals surface area contributed by atoms with Gasteiger partial charge in [0.05, 0.1) is 0 Å². The molecule has 1 aliphatic rings. The van der Waals surface area contributed by atoms with E-state index in [4.69, 9.17) is 17.3 Å². The van der Waals surface area contributed by atoms with Gasteiger partial charge in [-0.15, -0.1) is 0 Å². The van der Waals surface area contributed by atoms with Crippen molar-refractivity contribution >= 4 is 17.8 Å². The SMILES string of the molecule is CC(N)C1N=CC=CC1(F)Cl. The summed E-state index contributed by atoms with van der Waals surface area (Å²) < 4.78 is 13.3. The molecule has 0 aliphatic carbocycles. The molecule has 3 atom stereocenters. The minimum absolute atomic E-state index is 0.376. The summed E-state index contributed by atoms with van der Waals surface area (Å²) in [6, 6.07) is -1.05. The minimum atomic E-state index is -1.91. The van der Waals surface area contributed by atoms with Crippen LogP contribution in [-0.4, -0.2) is 23.4 Å². The van der Waals surface area contributed by atoms with Gasteiger partial charge in [-0.25, -0.2) is 4.39 Å². The van der Waals surface area contributed by atoms with Crippen LogP contribution in [0.1, 0.15) is 6.92 Å². The van der Waals surface area contributed by atoms with E-state index in [1.165, 1.54) is 18.4 Å². The highest BCUT2D eigenvalue weighted by molar-refractivity contribution is 6.25. The van der Waals surface area contributed by atoms with Gasteiger partial charge in [0.2, 0.25) is 5.13 Å². The Morgan fingerprint density at radius 3 is 2.82 bits per heavy atom. The molecule has 0 spiro atoms. The van der Waals surface area contributed by atoms with Gasteiger partial charge < -0.3 is 5.73 Å². The normalized spacial score (nSPS) is 39.1. The molecular formula is C7H10ClFN2. The van der Waals surface area contributed by atoms with E-state index < -0.39 is 11.2 Å². The number of nitrogens with two attached hydrogens (primary N) is 1. The zero-order chi connectivity index (χ0) is 8.48. The zero-order valence-corrected chi connectivity index (χ0v) is 6.92. The van der Waals surface area contributed by atoms with Crippen LogP contribution in [0.2, 0.25) is 0 Å². The lowest BCUT2D eigenvalue weighted by molar-refractivity contribution is 0.269. The van der Waals surface area contributed by atoms with Crippen molar-refractivity contribution in [3.05, 3.63) is 12.2 Å². The Morgan fingerprint density at radius 1 is 1.82 bits per heavy atom. The van der Waals surface area contributed by atoms with E-state index in [1.807, 2.05) is 0 Å². The number of rotatable bonds is 1. The van der Waals surface area contributed by atoms with Crippen LogP contribution in [-0.2, 0) is 0 Å². The maximum atomic E-state index is 13.3. The quantitative estimate of drug-likeness (QED) is 0.600. The average molecular weight is 177 g/mol. The van der Waals surface area contributed by atoms with Gasteiger partial charge in [0.25, 0.3) is 0 Å². The molecule has 0 bridgehead atoms. The molecule has 0 fully saturated rings. The van der Waals surface area contributed by atoms with Crippen LogP contribution < -0.4 is 5.73 Å². The third-order valence-electron chi connectivity index (χ3n) is 1.54. The van der Waals surface area contributed by atoms with Crippen molar-refractivity contribution in [1.29, 1.82) is 0 Å². The van der Waals surface area contributed by atoms with Crippen molar-refractivity contribution in [3.8, 4) is 0 Å². The van der Waals surface area contributed by atoms with Crippen molar-refractivity contribution in [1.82, 2.24) is 0 Å². The Hall–Kier alpha value is -0.410. The molecule has 3 unspecified atom stereocenters. The number of hydrogen-bond acceptors (Lipinski definition) is 2.